The summed E-state index contributed by atoms with van der Waals surface area (Å²) in [7, 11) is 0. The van der Waals surface area contributed by atoms with E-state index in [0.717, 1.165) is 0 Å². The Morgan fingerprint density at radius 1 is 0.727 bits per heavy atom. The van der Waals surface area contributed by atoms with E-state index in [9.17, 15) is 0 Å². The molecular formula is C11H24O11. The molecule has 11 heteroatoms. The van der Waals surface area contributed by atoms with Gasteiger partial charge >= 0.3 is 0 Å². The molecule has 1 aliphatic heterocycles. The Morgan fingerprint density at radius 3 is 1.55 bits per heavy atom. The van der Waals surface area contributed by atoms with Gasteiger partial charge in [0.1, 0.15) is 42.7 Å². The maximum absolute atomic E-state index is 9.12. The van der Waals surface area contributed by atoms with E-state index in [1.807, 2.05) is 0 Å². The Bertz CT molecular complexity index is 276. The van der Waals surface area contributed by atoms with Crippen molar-refractivity contribution in [3.05, 3.63) is 0 Å². The lowest BCUT2D eigenvalue weighted by Crippen LogP contribution is -2.58. The van der Waals surface area contributed by atoms with Gasteiger partial charge < -0.3 is 55.8 Å². The smallest absolute Gasteiger partial charge is 0.184 e. The maximum Gasteiger partial charge on any atom is 0.184 e. The van der Waals surface area contributed by atoms with Crippen LogP contribution in [0.2, 0.25) is 0 Å². The Hall–Kier alpha value is -0.440. The number of aliphatic hydroxyl groups excluding tert-OH is 10. The van der Waals surface area contributed by atoms with Crippen LogP contribution in [0.25, 0.3) is 0 Å². The van der Waals surface area contributed by atoms with Gasteiger partial charge in [0.15, 0.2) is 6.29 Å². The summed E-state index contributed by atoms with van der Waals surface area (Å²) in [5, 5.41) is 87.2. The van der Waals surface area contributed by atoms with Crippen LogP contribution < -0.4 is 0 Å². The average molecular weight is 332 g/mol. The van der Waals surface area contributed by atoms with Gasteiger partial charge in [0, 0.05) is 0 Å². The minimum Gasteiger partial charge on any atom is -0.394 e. The third kappa shape index (κ3) is 5.98. The fourth-order valence-corrected chi connectivity index (χ4v) is 1.55. The second-order valence-corrected chi connectivity index (χ2v) is 4.71. The van der Waals surface area contributed by atoms with Crippen molar-refractivity contribution in [2.24, 2.45) is 0 Å². The molecule has 0 amide bonds. The van der Waals surface area contributed by atoms with Crippen molar-refractivity contribution < 1.29 is 55.8 Å². The quantitative estimate of drug-likeness (QED) is 0.229. The molecule has 2 unspecified atom stereocenters. The molecule has 10 N–H and O–H groups in total. The molecule has 0 saturated carbocycles. The van der Waals surface area contributed by atoms with Gasteiger partial charge in [-0.1, -0.05) is 0 Å². The lowest BCUT2D eigenvalue weighted by Gasteiger charge is -2.37. The van der Waals surface area contributed by atoms with E-state index in [1.54, 1.807) is 0 Å². The maximum atomic E-state index is 9.12. The molecule has 0 aromatic rings. The van der Waals surface area contributed by atoms with Gasteiger partial charge in [-0.15, -0.1) is 0 Å². The molecule has 0 aromatic carbocycles. The number of aliphatic hydroxyl groups is 10. The molecule has 8 atom stereocenters. The van der Waals surface area contributed by atoms with Crippen LogP contribution in [-0.4, -0.2) is 120 Å². The first-order valence-electron chi connectivity index (χ1n) is 6.45. The van der Waals surface area contributed by atoms with Gasteiger partial charge in [-0.2, -0.15) is 0 Å². The van der Waals surface area contributed by atoms with E-state index in [2.05, 4.69) is 4.74 Å². The molecular weight excluding hydrogens is 308 g/mol. The summed E-state index contributed by atoms with van der Waals surface area (Å²) in [4.78, 5) is 0. The van der Waals surface area contributed by atoms with Gasteiger partial charge in [0.05, 0.1) is 19.8 Å². The lowest BCUT2D eigenvalue weighted by atomic mass is 10.00. The van der Waals surface area contributed by atoms with Gasteiger partial charge in [-0.25, -0.2) is 0 Å². The fraction of sp³-hybridized carbons (Fsp3) is 1.00. The number of rotatable bonds is 5. The summed E-state index contributed by atoms with van der Waals surface area (Å²) >= 11 is 0. The normalized spacial score (nSPS) is 36.0. The standard InChI is InChI=1S/C6H12O6.C5H12O5/c7-1-2-3(8)4(9)5(10)6(11)12-2;6-1-3(8)5(10)4(9)2-7/h2-11H,1H2;3-10H,1-2H2/t2-,3-,4+,5-,6?;3-,4+,5?/m1./s1. The second kappa shape index (κ2) is 10.4. The van der Waals surface area contributed by atoms with Gasteiger partial charge in [-0.05, 0) is 0 Å². The third-order valence-electron chi connectivity index (χ3n) is 3.03. The third-order valence-corrected chi connectivity index (χ3v) is 3.03. The van der Waals surface area contributed by atoms with Crippen molar-refractivity contribution >= 4 is 0 Å². The van der Waals surface area contributed by atoms with Crippen molar-refractivity contribution in [1.29, 1.82) is 0 Å². The molecule has 0 aliphatic carbocycles. The first-order chi connectivity index (χ1) is 10.2. The van der Waals surface area contributed by atoms with Crippen LogP contribution in [0.5, 0.6) is 0 Å². The molecule has 0 aromatic heterocycles. The SMILES string of the molecule is OC[C@@H](O)C(O)[C@@H](O)CO.OC[C@H]1OC(O)[C@H](O)[C@@H](O)[C@@H]1O. The molecule has 0 bridgehead atoms. The topological polar surface area (TPSA) is 212 Å². The molecule has 22 heavy (non-hydrogen) atoms. The molecule has 1 saturated heterocycles. The first kappa shape index (κ1) is 21.6. The van der Waals surface area contributed by atoms with E-state index in [4.69, 9.17) is 51.1 Å². The fourth-order valence-electron chi connectivity index (χ4n) is 1.55. The van der Waals surface area contributed by atoms with Crippen molar-refractivity contribution in [3.63, 3.8) is 0 Å². The van der Waals surface area contributed by atoms with Crippen molar-refractivity contribution in [1.82, 2.24) is 0 Å². The van der Waals surface area contributed by atoms with Gasteiger partial charge in [-0.3, -0.25) is 0 Å². The predicted molar refractivity (Wildman–Crippen MR) is 68.2 cm³/mol. The van der Waals surface area contributed by atoms with E-state index in [-0.39, 0.29) is 0 Å². The summed E-state index contributed by atoms with van der Waals surface area (Å²) in [5.41, 5.74) is 0. The van der Waals surface area contributed by atoms with Gasteiger partial charge in [0.2, 0.25) is 0 Å². The second-order valence-electron chi connectivity index (χ2n) is 4.71. The molecule has 1 heterocycles. The first-order valence-corrected chi connectivity index (χ1v) is 6.45. The molecule has 0 radical (unpaired) electrons. The van der Waals surface area contributed by atoms with E-state index in [1.165, 1.54) is 0 Å². The highest BCUT2D eigenvalue weighted by Gasteiger charge is 2.42. The van der Waals surface area contributed by atoms with Crippen LogP contribution in [0.3, 0.4) is 0 Å². The summed E-state index contributed by atoms with van der Waals surface area (Å²) in [5.74, 6) is 0. The van der Waals surface area contributed by atoms with Crippen LogP contribution in [0.15, 0.2) is 0 Å². The zero-order valence-corrected chi connectivity index (χ0v) is 11.6. The molecule has 134 valence electrons. The van der Waals surface area contributed by atoms with Crippen LogP contribution in [0.4, 0.5) is 0 Å². The molecule has 1 fully saturated rings. The largest absolute Gasteiger partial charge is 0.394 e. The minimum absolute atomic E-state index is 0.526. The molecule has 1 aliphatic rings. The zero-order chi connectivity index (χ0) is 17.4. The Balaban J connectivity index is 0.000000409. The van der Waals surface area contributed by atoms with Crippen molar-refractivity contribution in [2.75, 3.05) is 19.8 Å². The summed E-state index contributed by atoms with van der Waals surface area (Å²) < 4.78 is 4.58. The minimum atomic E-state index is -1.57. The summed E-state index contributed by atoms with van der Waals surface area (Å²) in [6, 6.07) is 0. The summed E-state index contributed by atoms with van der Waals surface area (Å²) in [6.07, 6.45) is -11.3. The van der Waals surface area contributed by atoms with Crippen molar-refractivity contribution in [2.45, 2.75) is 49.0 Å². The molecule has 11 nitrogen and oxygen atoms in total. The van der Waals surface area contributed by atoms with Crippen LogP contribution in [-0.2, 0) is 4.74 Å². The lowest BCUT2D eigenvalue weighted by molar-refractivity contribution is -0.286. The van der Waals surface area contributed by atoms with Crippen molar-refractivity contribution in [3.8, 4) is 0 Å². The Labute approximate surface area is 125 Å². The van der Waals surface area contributed by atoms with Gasteiger partial charge in [0.25, 0.3) is 0 Å². The molecule has 1 rings (SSSR count). The predicted octanol–water partition coefficient (Wildman–Crippen LogP) is -6.17. The monoisotopic (exact) mass is 332 g/mol. The number of hydrogen-bond donors (Lipinski definition) is 10. The number of hydrogen-bond acceptors (Lipinski definition) is 11. The highest BCUT2D eigenvalue weighted by atomic mass is 16.6. The zero-order valence-electron chi connectivity index (χ0n) is 11.6. The highest BCUT2D eigenvalue weighted by molar-refractivity contribution is 4.87. The van der Waals surface area contributed by atoms with Crippen LogP contribution in [0, 0.1) is 0 Å². The van der Waals surface area contributed by atoms with Crippen LogP contribution in [0.1, 0.15) is 0 Å². The van der Waals surface area contributed by atoms with Crippen LogP contribution >= 0.6 is 0 Å². The number of ether oxygens (including phenoxy) is 1. The Kier molecular flexibility index (Phi) is 10.1. The highest BCUT2D eigenvalue weighted by Crippen LogP contribution is 2.18. The van der Waals surface area contributed by atoms with E-state index < -0.39 is 68.8 Å². The van der Waals surface area contributed by atoms with E-state index in [0.29, 0.717) is 0 Å². The summed E-state index contributed by atoms with van der Waals surface area (Å²) in [6.45, 7) is -1.81. The van der Waals surface area contributed by atoms with E-state index >= 15 is 0 Å². The average Bonchev–Trinajstić information content (AvgIpc) is 2.54. The molecule has 0 spiro atoms. The Morgan fingerprint density at radius 2 is 1.18 bits per heavy atom.